The number of carboxylic acids is 1. The molecule has 0 saturated carbocycles. The van der Waals surface area contributed by atoms with Crippen molar-refractivity contribution in [2.24, 2.45) is 10.3 Å². The van der Waals surface area contributed by atoms with Gasteiger partial charge in [0.05, 0.1) is 17.7 Å². The van der Waals surface area contributed by atoms with Crippen LogP contribution in [0.5, 0.6) is 0 Å². The predicted molar refractivity (Wildman–Crippen MR) is 223 cm³/mol. The third-order valence-corrected chi connectivity index (χ3v) is 12.2. The number of hydrogen-bond donors (Lipinski definition) is 1. The van der Waals surface area contributed by atoms with Gasteiger partial charge >= 0.3 is 30.8 Å². The summed E-state index contributed by atoms with van der Waals surface area (Å²) in [4.78, 5) is 34.2. The zero-order chi connectivity index (χ0) is 38.1. The summed E-state index contributed by atoms with van der Waals surface area (Å²) in [6, 6.07) is 21.1. The first-order valence-electron chi connectivity index (χ1n) is 15.8. The van der Waals surface area contributed by atoms with E-state index < -0.39 is 17.2 Å². The Kier molecular flexibility index (Phi) is 19.1. The number of halogens is 6. The maximum Gasteiger partial charge on any atom is 1.00 e. The minimum absolute atomic E-state index is 0. The minimum atomic E-state index is -0.956. The maximum absolute atomic E-state index is 12.0. The molecule has 2 aliphatic heterocycles. The van der Waals surface area contributed by atoms with Crippen LogP contribution >= 0.6 is 78.3 Å². The molecule has 0 saturated heterocycles. The van der Waals surface area contributed by atoms with Crippen LogP contribution in [0, 0.1) is 13.8 Å². The number of carboxylic acid groups (broad SMARTS) is 1. The van der Waals surface area contributed by atoms with Gasteiger partial charge in [-0.3, -0.25) is 0 Å². The average Bonchev–Trinajstić information content (AvgIpc) is 3.55. The number of benzene rings is 4. The van der Waals surface area contributed by atoms with Gasteiger partial charge in [0, 0.05) is 42.3 Å². The molecular weight excluding hydrogens is 937 g/mol. The van der Waals surface area contributed by atoms with E-state index in [0.29, 0.717) is 43.5 Å². The van der Waals surface area contributed by atoms with Crippen LogP contribution in [-0.2, 0) is 25.6 Å². The summed E-state index contributed by atoms with van der Waals surface area (Å²) < 4.78 is 5.08. The number of nitrogens with zero attached hydrogens (tertiary/aromatic N) is 2. The van der Waals surface area contributed by atoms with Gasteiger partial charge in [0.1, 0.15) is 21.1 Å². The van der Waals surface area contributed by atoms with Crippen LogP contribution in [-0.4, -0.2) is 61.2 Å². The Morgan fingerprint density at radius 2 is 1.07 bits per heavy atom. The van der Waals surface area contributed by atoms with Gasteiger partial charge in [-0.1, -0.05) is 101 Å². The Bertz CT molecular complexity index is 2100. The monoisotopic (exact) mass is 970 g/mol. The molecule has 4 atom stereocenters. The molecule has 11 nitrogen and oxygen atoms in total. The van der Waals surface area contributed by atoms with Gasteiger partial charge in [-0.05, 0) is 106 Å². The van der Waals surface area contributed by atoms with Crippen LogP contribution in [0.3, 0.4) is 0 Å². The van der Waals surface area contributed by atoms with Crippen molar-refractivity contribution in [3.05, 3.63) is 137 Å². The molecule has 56 heavy (non-hydrogen) atoms. The zero-order valence-corrected chi connectivity index (χ0v) is 37.1. The van der Waals surface area contributed by atoms with Crippen molar-refractivity contribution in [2.45, 2.75) is 55.5 Å². The third-order valence-electron chi connectivity index (χ3n) is 8.76. The second-order valence-electron chi connectivity index (χ2n) is 12.5. The smallest absolute Gasteiger partial charge is 0.870 e. The van der Waals surface area contributed by atoms with E-state index >= 15 is 0 Å². The Hall–Kier alpha value is -2.64. The van der Waals surface area contributed by atoms with Crippen LogP contribution in [0.15, 0.2) is 83.1 Å². The summed E-state index contributed by atoms with van der Waals surface area (Å²) >= 11 is 31.9. The summed E-state index contributed by atoms with van der Waals surface area (Å²) in [5.74, 6) is -1.29. The van der Waals surface area contributed by atoms with E-state index in [-0.39, 0.29) is 56.5 Å². The molecule has 2 heterocycles. The average molecular weight is 974 g/mol. The first-order valence-corrected chi connectivity index (χ1v) is 19.2. The molecule has 0 aromatic heterocycles. The quantitative estimate of drug-likeness (QED) is 0.124. The van der Waals surface area contributed by atoms with Crippen molar-refractivity contribution in [3.63, 3.8) is 0 Å². The molecule has 0 bridgehead atoms. The number of ether oxygens (including phenoxy) is 1. The maximum atomic E-state index is 12.0. The Labute approximate surface area is 373 Å². The van der Waals surface area contributed by atoms with Crippen LogP contribution < -0.4 is 18.9 Å². The molecular formula is C38H37Br2Cl4LiN2O9. The van der Waals surface area contributed by atoms with Gasteiger partial charge in [-0.25, -0.2) is 9.59 Å². The van der Waals surface area contributed by atoms with Crippen molar-refractivity contribution < 1.29 is 64.4 Å². The zero-order valence-electron chi connectivity index (χ0n) is 30.9. The molecule has 2 aliphatic rings. The Balaban J connectivity index is 0.000000524. The molecule has 6 N–H and O–H groups in total. The van der Waals surface area contributed by atoms with E-state index in [1.807, 2.05) is 45.0 Å². The van der Waals surface area contributed by atoms with Crippen LogP contribution in [0.25, 0.3) is 0 Å². The molecule has 4 aromatic rings. The molecule has 296 valence electrons. The minimum Gasteiger partial charge on any atom is -0.870 e. The summed E-state index contributed by atoms with van der Waals surface area (Å²) in [7, 11) is 0. The van der Waals surface area contributed by atoms with Gasteiger partial charge < -0.3 is 35.9 Å². The van der Waals surface area contributed by atoms with Crippen LogP contribution in [0.4, 0.5) is 0 Å². The first-order chi connectivity index (χ1) is 24.5. The van der Waals surface area contributed by atoms with Gasteiger partial charge in [-0.2, -0.15) is 0 Å². The topological polar surface area (TPSA) is 200 Å². The number of aromatic carboxylic acids is 1. The van der Waals surface area contributed by atoms with E-state index in [4.69, 9.17) is 65.9 Å². The van der Waals surface area contributed by atoms with Crippen LogP contribution in [0.2, 0.25) is 20.1 Å². The SMILES string of the molecule is CCOC(=O)c1ccc(C2=NOC(C)(c3cc(Cl)cc(Cl)c3)C2Br)cc1C.Cc1cc(C2=NOC(C)(c3cc(Cl)cc(Cl)c3)C2Br)ccc1C(=O)O.O.O.[Li+].[OH-]. The largest absolute Gasteiger partial charge is 1.00 e. The molecule has 18 heteroatoms. The fourth-order valence-corrected chi connectivity index (χ4v) is 8.24. The van der Waals surface area contributed by atoms with E-state index in [1.165, 1.54) is 0 Å². The number of oxime groups is 2. The molecule has 0 radical (unpaired) electrons. The summed E-state index contributed by atoms with van der Waals surface area (Å²) in [6.07, 6.45) is 0. The number of aryl methyl sites for hydroxylation is 2. The van der Waals surface area contributed by atoms with Crippen molar-refractivity contribution in [2.75, 3.05) is 6.61 Å². The van der Waals surface area contributed by atoms with Crippen molar-refractivity contribution >= 4 is 102 Å². The summed E-state index contributed by atoms with van der Waals surface area (Å²) in [5.41, 5.74) is 5.39. The number of esters is 1. The van der Waals surface area contributed by atoms with Gasteiger partial charge in [0.15, 0.2) is 11.2 Å². The number of carbonyl (C=O) groups excluding carboxylic acids is 1. The molecule has 0 spiro atoms. The van der Waals surface area contributed by atoms with Crippen molar-refractivity contribution in [1.82, 2.24) is 0 Å². The fourth-order valence-electron chi connectivity index (χ4n) is 5.80. The predicted octanol–water partition coefficient (Wildman–Crippen LogP) is 6.48. The molecule has 0 fully saturated rings. The number of alkyl halides is 2. The molecule has 4 unspecified atom stereocenters. The Morgan fingerprint density at radius 1 is 0.714 bits per heavy atom. The fraction of sp³-hybridized carbons (Fsp3) is 0.263. The van der Waals surface area contributed by atoms with Crippen molar-refractivity contribution in [1.29, 1.82) is 0 Å². The van der Waals surface area contributed by atoms with Gasteiger partial charge in [0.25, 0.3) is 0 Å². The second-order valence-corrected chi connectivity index (χ2v) is 16.1. The number of rotatable bonds is 7. The molecule has 0 aliphatic carbocycles. The third kappa shape index (κ3) is 10.7. The second kappa shape index (κ2) is 20.9. The van der Waals surface area contributed by atoms with E-state index in [2.05, 4.69) is 42.2 Å². The Morgan fingerprint density at radius 3 is 1.39 bits per heavy atom. The summed E-state index contributed by atoms with van der Waals surface area (Å²) in [6.45, 7) is 9.55. The number of hydrogen-bond acceptors (Lipinski definition) is 8. The van der Waals surface area contributed by atoms with E-state index in [0.717, 1.165) is 33.5 Å². The van der Waals surface area contributed by atoms with Crippen molar-refractivity contribution in [3.8, 4) is 0 Å². The normalized spacial score (nSPS) is 20.4. The van der Waals surface area contributed by atoms with Gasteiger partial charge in [-0.15, -0.1) is 0 Å². The molecule has 4 aromatic carbocycles. The first kappa shape index (κ1) is 51.4. The van der Waals surface area contributed by atoms with Crippen LogP contribution in [0.1, 0.15) is 74.9 Å². The van der Waals surface area contributed by atoms with Gasteiger partial charge in [0.2, 0.25) is 0 Å². The molecule has 6 rings (SSSR count). The number of carbonyl (C=O) groups is 2. The molecule has 0 amide bonds. The standard InChI is InChI=1S/C20H18BrCl2NO3.C18H14BrCl2NO3.Li.3H2O/c1-4-26-19(25)16-6-5-12(7-11(16)2)17-18(21)20(3,27-24-17)13-8-14(22)10-15(23)9-13;1-9-5-10(3-4-14(9)17(23)24)15-16(19)18(2,25-22-15)11-6-12(20)8-13(21)7-11;;;;/h5-10,18H,4H2,1-3H3;3-8,16H,1-2H3,(H,23,24);;3*1H2/q;;+1;;;/p-1. The van der Waals surface area contributed by atoms with E-state index in [9.17, 15) is 9.59 Å². The summed E-state index contributed by atoms with van der Waals surface area (Å²) in [5, 5.41) is 19.8. The van der Waals surface area contributed by atoms with E-state index in [1.54, 1.807) is 62.4 Å².